The van der Waals surface area contributed by atoms with Crippen LogP contribution in [0.5, 0.6) is 0 Å². The summed E-state index contributed by atoms with van der Waals surface area (Å²) in [6, 6.07) is 2.42. The number of alkyl halides is 3. The minimum atomic E-state index is -4.57. The third-order valence-corrected chi connectivity index (χ3v) is 2.89. The van der Waals surface area contributed by atoms with Crippen molar-refractivity contribution >= 4 is 17.6 Å². The summed E-state index contributed by atoms with van der Waals surface area (Å²) in [4.78, 5) is 7.10. The van der Waals surface area contributed by atoms with Crippen molar-refractivity contribution < 1.29 is 13.2 Å². The first-order valence-electron chi connectivity index (χ1n) is 5.96. The van der Waals surface area contributed by atoms with E-state index >= 15 is 0 Å². The predicted molar refractivity (Wildman–Crippen MR) is 65.3 cm³/mol. The Morgan fingerprint density at radius 3 is 2.65 bits per heavy atom. The molecule has 9 heteroatoms. The number of nitrogen functional groups attached to an aromatic ring is 1. The summed E-state index contributed by atoms with van der Waals surface area (Å²) in [5.41, 5.74) is 5.21. The Labute approximate surface area is 111 Å². The van der Waals surface area contributed by atoms with Gasteiger partial charge in [0, 0.05) is 23.7 Å². The second-order valence-corrected chi connectivity index (χ2v) is 4.61. The van der Waals surface area contributed by atoms with Gasteiger partial charge < -0.3 is 11.1 Å². The summed E-state index contributed by atoms with van der Waals surface area (Å²) < 4.78 is 37.8. The van der Waals surface area contributed by atoms with Gasteiger partial charge in [-0.05, 0) is 12.8 Å². The molecule has 0 bridgehead atoms. The number of rotatable bonds is 3. The number of nitrogens with two attached hydrogens (primary N) is 1. The van der Waals surface area contributed by atoms with Gasteiger partial charge >= 0.3 is 6.18 Å². The molecule has 2 aromatic rings. The van der Waals surface area contributed by atoms with Crippen LogP contribution < -0.4 is 11.1 Å². The highest BCUT2D eigenvalue weighted by Crippen LogP contribution is 2.39. The lowest BCUT2D eigenvalue weighted by atomic mass is 10.3. The quantitative estimate of drug-likeness (QED) is 0.805. The van der Waals surface area contributed by atoms with E-state index in [4.69, 9.17) is 5.73 Å². The lowest BCUT2D eigenvalue weighted by Crippen LogP contribution is -2.12. The second kappa shape index (κ2) is 4.36. The summed E-state index contributed by atoms with van der Waals surface area (Å²) in [5, 5.41) is 9.40. The first-order valence-corrected chi connectivity index (χ1v) is 5.96. The average Bonchev–Trinajstić information content (AvgIpc) is 3.09. The normalized spacial score (nSPS) is 15.3. The van der Waals surface area contributed by atoms with E-state index in [9.17, 15) is 13.2 Å². The Morgan fingerprint density at radius 2 is 2.00 bits per heavy atom. The van der Waals surface area contributed by atoms with Crippen LogP contribution in [-0.2, 0) is 6.18 Å². The largest absolute Gasteiger partial charge is 0.433 e. The zero-order chi connectivity index (χ0) is 14.3. The maximum Gasteiger partial charge on any atom is 0.433 e. The molecule has 2 aromatic heterocycles. The zero-order valence-electron chi connectivity index (χ0n) is 10.2. The molecule has 3 rings (SSSR count). The SMILES string of the molecule is Nc1cc(C(F)(F)F)nc(Nc2cc(C3CC3)[nH]n2)n1. The lowest BCUT2D eigenvalue weighted by Gasteiger charge is -2.08. The molecular formula is C11H11F3N6. The number of anilines is 3. The summed E-state index contributed by atoms with van der Waals surface area (Å²) in [7, 11) is 0. The smallest absolute Gasteiger partial charge is 0.384 e. The van der Waals surface area contributed by atoms with Crippen molar-refractivity contribution in [3.05, 3.63) is 23.5 Å². The maximum atomic E-state index is 12.6. The molecule has 0 radical (unpaired) electrons. The van der Waals surface area contributed by atoms with Gasteiger partial charge in [-0.1, -0.05) is 0 Å². The number of nitrogens with zero attached hydrogens (tertiary/aromatic N) is 3. The maximum absolute atomic E-state index is 12.6. The minimum absolute atomic E-state index is 0.230. The summed E-state index contributed by atoms with van der Waals surface area (Å²) in [5.74, 6) is 0.343. The molecule has 0 atom stereocenters. The van der Waals surface area contributed by atoms with Crippen LogP contribution >= 0.6 is 0 Å². The van der Waals surface area contributed by atoms with Crippen LogP contribution in [0.3, 0.4) is 0 Å². The van der Waals surface area contributed by atoms with Crippen LogP contribution in [0.1, 0.15) is 30.1 Å². The minimum Gasteiger partial charge on any atom is -0.384 e. The van der Waals surface area contributed by atoms with Gasteiger partial charge in [-0.15, -0.1) is 0 Å². The van der Waals surface area contributed by atoms with Crippen LogP contribution in [0.15, 0.2) is 12.1 Å². The first kappa shape index (κ1) is 12.7. The van der Waals surface area contributed by atoms with Crippen LogP contribution in [0, 0.1) is 0 Å². The van der Waals surface area contributed by atoms with E-state index in [0.29, 0.717) is 17.8 Å². The van der Waals surface area contributed by atoms with E-state index in [0.717, 1.165) is 18.5 Å². The van der Waals surface area contributed by atoms with Crippen LogP contribution in [0.25, 0.3) is 0 Å². The van der Waals surface area contributed by atoms with Gasteiger partial charge in [0.2, 0.25) is 5.95 Å². The first-order chi connectivity index (χ1) is 9.41. The standard InChI is InChI=1S/C11H11F3N6/c12-11(13,14)7-4-8(15)17-10(16-7)18-9-3-6(19-20-9)5-1-2-5/h3-5H,1-2H2,(H4,15,16,17,18,19,20). The van der Waals surface area contributed by atoms with Crippen LogP contribution in [0.2, 0.25) is 0 Å². The zero-order valence-corrected chi connectivity index (χ0v) is 10.2. The van der Waals surface area contributed by atoms with Crippen molar-refractivity contribution in [3.63, 3.8) is 0 Å². The van der Waals surface area contributed by atoms with Gasteiger partial charge in [0.05, 0.1) is 0 Å². The van der Waals surface area contributed by atoms with E-state index < -0.39 is 11.9 Å². The lowest BCUT2D eigenvalue weighted by molar-refractivity contribution is -0.141. The van der Waals surface area contributed by atoms with Crippen molar-refractivity contribution in [2.75, 3.05) is 11.1 Å². The molecule has 1 aliphatic rings. The Balaban J connectivity index is 1.83. The molecule has 1 fully saturated rings. The van der Waals surface area contributed by atoms with E-state index in [1.54, 1.807) is 6.07 Å². The number of aromatic nitrogens is 4. The molecule has 0 amide bonds. The van der Waals surface area contributed by atoms with Crippen molar-refractivity contribution in [2.45, 2.75) is 24.9 Å². The molecular weight excluding hydrogens is 273 g/mol. The van der Waals surface area contributed by atoms with Crippen molar-refractivity contribution in [1.82, 2.24) is 20.2 Å². The predicted octanol–water partition coefficient (Wildman–Crippen LogP) is 2.42. The molecule has 0 aromatic carbocycles. The Morgan fingerprint density at radius 1 is 1.25 bits per heavy atom. The summed E-state index contributed by atoms with van der Waals surface area (Å²) in [6.45, 7) is 0. The number of hydrogen-bond acceptors (Lipinski definition) is 5. The van der Waals surface area contributed by atoms with E-state index in [1.807, 2.05) is 0 Å². The van der Waals surface area contributed by atoms with Gasteiger partial charge in [0.15, 0.2) is 11.5 Å². The van der Waals surface area contributed by atoms with Gasteiger partial charge in [0.1, 0.15) is 5.82 Å². The molecule has 0 saturated heterocycles. The molecule has 20 heavy (non-hydrogen) atoms. The molecule has 0 aliphatic heterocycles. The van der Waals surface area contributed by atoms with Crippen LogP contribution in [-0.4, -0.2) is 20.2 Å². The van der Waals surface area contributed by atoms with Gasteiger partial charge in [-0.2, -0.15) is 23.3 Å². The molecule has 1 saturated carbocycles. The Bertz CT molecular complexity index is 631. The van der Waals surface area contributed by atoms with E-state index in [-0.39, 0.29) is 11.8 Å². The molecule has 0 spiro atoms. The second-order valence-electron chi connectivity index (χ2n) is 4.61. The van der Waals surface area contributed by atoms with Crippen molar-refractivity contribution in [2.24, 2.45) is 0 Å². The monoisotopic (exact) mass is 284 g/mol. The molecule has 4 N–H and O–H groups in total. The third kappa shape index (κ3) is 2.65. The number of nitrogens with one attached hydrogen (secondary N) is 2. The molecule has 1 aliphatic carbocycles. The van der Waals surface area contributed by atoms with Gasteiger partial charge in [0.25, 0.3) is 0 Å². The van der Waals surface area contributed by atoms with E-state index in [2.05, 4.69) is 25.5 Å². The number of halogens is 3. The Kier molecular flexibility index (Phi) is 2.77. The third-order valence-electron chi connectivity index (χ3n) is 2.89. The fourth-order valence-corrected chi connectivity index (χ4v) is 1.79. The van der Waals surface area contributed by atoms with Gasteiger partial charge in [-0.3, -0.25) is 5.10 Å². The molecule has 2 heterocycles. The van der Waals surface area contributed by atoms with E-state index in [1.165, 1.54) is 0 Å². The summed E-state index contributed by atoms with van der Waals surface area (Å²) in [6.07, 6.45) is -2.39. The molecule has 6 nitrogen and oxygen atoms in total. The average molecular weight is 284 g/mol. The topological polar surface area (TPSA) is 92.5 Å². The van der Waals surface area contributed by atoms with Crippen LogP contribution in [0.4, 0.5) is 30.8 Å². The van der Waals surface area contributed by atoms with Crippen molar-refractivity contribution in [3.8, 4) is 0 Å². The highest BCUT2D eigenvalue weighted by atomic mass is 19.4. The molecule has 106 valence electrons. The fourth-order valence-electron chi connectivity index (χ4n) is 1.79. The summed E-state index contributed by atoms with van der Waals surface area (Å²) >= 11 is 0. The highest BCUT2D eigenvalue weighted by Gasteiger charge is 2.33. The number of H-pyrrole nitrogens is 1. The molecule has 0 unspecified atom stereocenters. The fraction of sp³-hybridized carbons (Fsp3) is 0.364. The Hall–Kier alpha value is -2.32. The number of hydrogen-bond donors (Lipinski definition) is 3. The van der Waals surface area contributed by atoms with Crippen molar-refractivity contribution in [1.29, 1.82) is 0 Å². The highest BCUT2D eigenvalue weighted by molar-refractivity contribution is 5.51. The van der Waals surface area contributed by atoms with Gasteiger partial charge in [-0.25, -0.2) is 4.98 Å². The number of aromatic amines is 1.